The molecule has 0 aromatic carbocycles. The Hall–Kier alpha value is -2.21. The Labute approximate surface area is 119 Å². The van der Waals surface area contributed by atoms with E-state index in [2.05, 4.69) is 17.0 Å². The second-order valence-electron chi connectivity index (χ2n) is 4.45. The van der Waals surface area contributed by atoms with Crippen LogP contribution < -0.4 is 0 Å². The molecule has 3 aromatic rings. The summed E-state index contributed by atoms with van der Waals surface area (Å²) in [4.78, 5) is 16.4. The number of aryl methyl sites for hydroxylation is 1. The summed E-state index contributed by atoms with van der Waals surface area (Å²) in [6.07, 6.45) is 5.22. The molecule has 0 aliphatic rings. The Morgan fingerprint density at radius 1 is 1.40 bits per heavy atom. The van der Waals surface area contributed by atoms with Crippen LogP contribution in [-0.4, -0.2) is 25.8 Å². The molecule has 0 unspecified atom stereocenters. The highest BCUT2D eigenvalue weighted by Gasteiger charge is 2.17. The molecule has 0 saturated carbocycles. The molecular weight excluding hydrogens is 274 g/mol. The highest BCUT2D eigenvalue weighted by molar-refractivity contribution is 7.20. The molecule has 0 fully saturated rings. The maximum absolute atomic E-state index is 11.2. The predicted octanol–water partition coefficient (Wildman–Crippen LogP) is 3.13. The lowest BCUT2D eigenvalue weighted by Crippen LogP contribution is -1.97. The molecule has 3 rings (SSSR count). The molecule has 3 aromatic heterocycles. The average molecular weight is 287 g/mol. The van der Waals surface area contributed by atoms with Gasteiger partial charge in [0.1, 0.15) is 9.71 Å². The maximum atomic E-state index is 11.2. The molecule has 0 bridgehead atoms. The molecule has 0 atom stereocenters. The molecule has 0 radical (unpaired) electrons. The first-order valence-corrected chi connectivity index (χ1v) is 7.17. The zero-order valence-electron chi connectivity index (χ0n) is 10.9. The Morgan fingerprint density at radius 3 is 2.80 bits per heavy atom. The standard InChI is InChI=1S/C14H13N3O2S/c1-2-3-11-10-8-12(14(18)19)20-13(10)17(16-11)9-4-6-15-7-5-9/h4-8H,2-3H2,1H3,(H,18,19). The van der Waals surface area contributed by atoms with E-state index in [1.807, 2.05) is 12.1 Å². The summed E-state index contributed by atoms with van der Waals surface area (Å²) >= 11 is 1.25. The van der Waals surface area contributed by atoms with Gasteiger partial charge in [-0.25, -0.2) is 9.48 Å². The SMILES string of the molecule is CCCc1nn(-c2ccncc2)c2sc(C(=O)O)cc12. The van der Waals surface area contributed by atoms with Crippen molar-refractivity contribution in [2.45, 2.75) is 19.8 Å². The lowest BCUT2D eigenvalue weighted by Gasteiger charge is -2.00. The van der Waals surface area contributed by atoms with Crippen LogP contribution in [0, 0.1) is 0 Å². The van der Waals surface area contributed by atoms with Gasteiger partial charge in [-0.15, -0.1) is 11.3 Å². The molecule has 5 nitrogen and oxygen atoms in total. The molecule has 0 saturated heterocycles. The van der Waals surface area contributed by atoms with Gasteiger partial charge in [0, 0.05) is 17.8 Å². The molecule has 20 heavy (non-hydrogen) atoms. The molecule has 0 spiro atoms. The van der Waals surface area contributed by atoms with Gasteiger partial charge in [0.2, 0.25) is 0 Å². The van der Waals surface area contributed by atoms with Crippen molar-refractivity contribution in [2.24, 2.45) is 0 Å². The third-order valence-corrected chi connectivity index (χ3v) is 4.14. The molecule has 0 aliphatic carbocycles. The van der Waals surface area contributed by atoms with Gasteiger partial charge in [0.25, 0.3) is 0 Å². The van der Waals surface area contributed by atoms with Crippen LogP contribution in [0.3, 0.4) is 0 Å². The molecule has 1 N–H and O–H groups in total. The van der Waals surface area contributed by atoms with Gasteiger partial charge >= 0.3 is 5.97 Å². The number of pyridine rings is 1. The smallest absolute Gasteiger partial charge is 0.345 e. The Balaban J connectivity index is 2.23. The molecule has 0 amide bonds. The van der Waals surface area contributed by atoms with Crippen LogP contribution in [0.1, 0.15) is 28.7 Å². The van der Waals surface area contributed by atoms with Crippen LogP contribution in [0.4, 0.5) is 0 Å². The summed E-state index contributed by atoms with van der Waals surface area (Å²) in [6.45, 7) is 2.09. The Kier molecular flexibility index (Phi) is 3.23. The second-order valence-corrected chi connectivity index (χ2v) is 5.48. The molecule has 6 heteroatoms. The fourth-order valence-electron chi connectivity index (χ4n) is 2.15. The number of aromatic nitrogens is 3. The quantitative estimate of drug-likeness (QED) is 0.800. The number of rotatable bonds is 4. The number of fused-ring (bicyclic) bond motifs is 1. The molecule has 3 heterocycles. The van der Waals surface area contributed by atoms with Crippen molar-refractivity contribution in [1.82, 2.24) is 14.8 Å². The topological polar surface area (TPSA) is 68.0 Å². The van der Waals surface area contributed by atoms with Crippen molar-refractivity contribution < 1.29 is 9.90 Å². The largest absolute Gasteiger partial charge is 0.477 e. The van der Waals surface area contributed by atoms with E-state index in [9.17, 15) is 4.79 Å². The summed E-state index contributed by atoms with van der Waals surface area (Å²) in [5.74, 6) is -0.894. The summed E-state index contributed by atoms with van der Waals surface area (Å²) in [5, 5.41) is 14.7. The van der Waals surface area contributed by atoms with E-state index in [4.69, 9.17) is 5.11 Å². The van der Waals surface area contributed by atoms with Gasteiger partial charge in [-0.3, -0.25) is 4.98 Å². The van der Waals surface area contributed by atoms with Crippen molar-refractivity contribution in [3.63, 3.8) is 0 Å². The zero-order chi connectivity index (χ0) is 14.1. The van der Waals surface area contributed by atoms with E-state index in [0.717, 1.165) is 34.4 Å². The minimum absolute atomic E-state index is 0.345. The number of thiophene rings is 1. The van der Waals surface area contributed by atoms with Crippen LogP contribution in [0.5, 0.6) is 0 Å². The lowest BCUT2D eigenvalue weighted by atomic mass is 10.2. The van der Waals surface area contributed by atoms with Crippen LogP contribution >= 0.6 is 11.3 Å². The highest BCUT2D eigenvalue weighted by atomic mass is 32.1. The molecule has 0 aliphatic heterocycles. The van der Waals surface area contributed by atoms with Crippen molar-refractivity contribution in [1.29, 1.82) is 0 Å². The highest BCUT2D eigenvalue weighted by Crippen LogP contribution is 2.31. The number of carboxylic acid groups (broad SMARTS) is 1. The summed E-state index contributed by atoms with van der Waals surface area (Å²) in [6, 6.07) is 5.45. The summed E-state index contributed by atoms with van der Waals surface area (Å²) in [7, 11) is 0. The van der Waals surface area contributed by atoms with Crippen LogP contribution in [0.2, 0.25) is 0 Å². The predicted molar refractivity (Wildman–Crippen MR) is 77.7 cm³/mol. The van der Waals surface area contributed by atoms with Crippen LogP contribution in [0.15, 0.2) is 30.6 Å². The number of aromatic carboxylic acids is 1. The number of hydrogen-bond donors (Lipinski definition) is 1. The monoisotopic (exact) mass is 287 g/mol. The first-order valence-electron chi connectivity index (χ1n) is 6.36. The maximum Gasteiger partial charge on any atom is 0.345 e. The number of carboxylic acids is 1. The minimum Gasteiger partial charge on any atom is -0.477 e. The first-order chi connectivity index (χ1) is 9.70. The number of hydrogen-bond acceptors (Lipinski definition) is 4. The Bertz CT molecular complexity index is 761. The third-order valence-electron chi connectivity index (χ3n) is 3.04. The van der Waals surface area contributed by atoms with Crippen molar-refractivity contribution in [3.05, 3.63) is 41.2 Å². The summed E-state index contributed by atoms with van der Waals surface area (Å²) < 4.78 is 1.80. The van der Waals surface area contributed by atoms with Crippen molar-refractivity contribution in [2.75, 3.05) is 0 Å². The average Bonchev–Trinajstić information content (AvgIpc) is 3.01. The van der Waals surface area contributed by atoms with Gasteiger partial charge < -0.3 is 5.11 Å². The van der Waals surface area contributed by atoms with E-state index >= 15 is 0 Å². The fraction of sp³-hybridized carbons (Fsp3) is 0.214. The van der Waals surface area contributed by atoms with E-state index < -0.39 is 5.97 Å². The van der Waals surface area contributed by atoms with Crippen molar-refractivity contribution >= 4 is 27.5 Å². The van der Waals surface area contributed by atoms with Gasteiger partial charge in [0.15, 0.2) is 0 Å². The third kappa shape index (κ3) is 2.08. The number of carbonyl (C=O) groups is 1. The lowest BCUT2D eigenvalue weighted by molar-refractivity contribution is 0.0702. The second kappa shape index (κ2) is 5.05. The van der Waals surface area contributed by atoms with Gasteiger partial charge in [-0.2, -0.15) is 5.10 Å². The Morgan fingerprint density at radius 2 is 2.15 bits per heavy atom. The van der Waals surface area contributed by atoms with Crippen LogP contribution in [0.25, 0.3) is 15.9 Å². The van der Waals surface area contributed by atoms with Gasteiger partial charge in [0.05, 0.1) is 11.4 Å². The number of nitrogens with zero attached hydrogens (tertiary/aromatic N) is 3. The van der Waals surface area contributed by atoms with E-state index in [0.29, 0.717) is 4.88 Å². The zero-order valence-corrected chi connectivity index (χ0v) is 11.7. The normalized spacial score (nSPS) is 11.1. The fourth-order valence-corrected chi connectivity index (χ4v) is 3.14. The van der Waals surface area contributed by atoms with E-state index in [-0.39, 0.29) is 0 Å². The first kappa shape index (κ1) is 12.8. The van der Waals surface area contributed by atoms with Gasteiger partial charge in [-0.1, -0.05) is 13.3 Å². The summed E-state index contributed by atoms with van der Waals surface area (Å²) in [5.41, 5.74) is 1.84. The van der Waals surface area contributed by atoms with E-state index in [1.54, 1.807) is 23.1 Å². The molecule has 102 valence electrons. The minimum atomic E-state index is -0.894. The molecular formula is C14H13N3O2S. The van der Waals surface area contributed by atoms with Gasteiger partial charge in [-0.05, 0) is 24.6 Å². The van der Waals surface area contributed by atoms with Crippen molar-refractivity contribution in [3.8, 4) is 5.69 Å². The van der Waals surface area contributed by atoms with Crippen LogP contribution in [-0.2, 0) is 6.42 Å². The van der Waals surface area contributed by atoms with E-state index in [1.165, 1.54) is 11.3 Å².